The van der Waals surface area contributed by atoms with Crippen LogP contribution in [0, 0.1) is 20.8 Å². The van der Waals surface area contributed by atoms with Crippen LogP contribution >= 0.6 is 0 Å². The Morgan fingerprint density at radius 2 is 2.10 bits per heavy atom. The number of ether oxygens (including phenoxy) is 1. The van der Waals surface area contributed by atoms with Gasteiger partial charge in [0.25, 0.3) is 5.78 Å². The van der Waals surface area contributed by atoms with Gasteiger partial charge in [0, 0.05) is 13.0 Å². The molecule has 112 valence electrons. The van der Waals surface area contributed by atoms with Gasteiger partial charge in [-0.25, -0.2) is 9.78 Å². The number of hydrogen-bond donors (Lipinski definition) is 1. The number of nitrogens with zero attached hydrogens (tertiary/aromatic N) is 5. The molecular weight excluding hydrogens is 274 g/mol. The summed E-state index contributed by atoms with van der Waals surface area (Å²) in [4.78, 5) is 20.9. The number of aryl methyl sites for hydroxylation is 3. The maximum Gasteiger partial charge on any atom is 0.407 e. The van der Waals surface area contributed by atoms with Crippen molar-refractivity contribution < 1.29 is 14.6 Å². The highest BCUT2D eigenvalue weighted by Gasteiger charge is 2.28. The predicted octanol–water partition coefficient (Wildman–Crippen LogP) is 1.18. The van der Waals surface area contributed by atoms with Gasteiger partial charge in [-0.2, -0.15) is 9.50 Å². The summed E-state index contributed by atoms with van der Waals surface area (Å²) in [6.07, 6.45) is -0.378. The molecule has 1 N–H and O–H groups in total. The molecule has 0 unspecified atom stereocenters. The molecule has 1 saturated heterocycles. The molecule has 21 heavy (non-hydrogen) atoms. The van der Waals surface area contributed by atoms with E-state index in [1.165, 1.54) is 4.90 Å². The van der Waals surface area contributed by atoms with Gasteiger partial charge in [-0.05, 0) is 20.8 Å². The van der Waals surface area contributed by atoms with Crippen molar-refractivity contribution >= 4 is 11.9 Å². The van der Waals surface area contributed by atoms with Crippen molar-refractivity contribution in [2.24, 2.45) is 0 Å². The molecule has 1 amide bonds. The molecule has 0 aliphatic carbocycles. The summed E-state index contributed by atoms with van der Waals surface area (Å²) in [6, 6.07) is 0. The summed E-state index contributed by atoms with van der Waals surface area (Å²) in [5.41, 5.74) is 1.56. The second kappa shape index (κ2) is 4.87. The van der Waals surface area contributed by atoms with Gasteiger partial charge in [0.1, 0.15) is 11.9 Å². The van der Waals surface area contributed by atoms with Crippen LogP contribution in [0.4, 0.5) is 4.79 Å². The Bertz CT molecular complexity index is 711. The van der Waals surface area contributed by atoms with E-state index < -0.39 is 6.09 Å². The average molecular weight is 291 g/mol. The maximum absolute atomic E-state index is 10.9. The molecule has 1 aliphatic rings. The van der Waals surface area contributed by atoms with Gasteiger partial charge in [-0.1, -0.05) is 0 Å². The molecule has 0 saturated carbocycles. The molecule has 0 aromatic carbocycles. The summed E-state index contributed by atoms with van der Waals surface area (Å²) in [7, 11) is 0. The topological polar surface area (TPSA) is 92.9 Å². The van der Waals surface area contributed by atoms with Crippen LogP contribution < -0.4 is 4.74 Å². The fourth-order valence-corrected chi connectivity index (χ4v) is 2.60. The monoisotopic (exact) mass is 291 g/mol. The summed E-state index contributed by atoms with van der Waals surface area (Å²) in [6.45, 7) is 6.44. The highest BCUT2D eigenvalue weighted by molar-refractivity contribution is 5.65. The summed E-state index contributed by atoms with van der Waals surface area (Å²) >= 11 is 0. The van der Waals surface area contributed by atoms with E-state index in [1.54, 1.807) is 4.52 Å². The van der Waals surface area contributed by atoms with E-state index in [9.17, 15) is 4.79 Å². The molecule has 0 radical (unpaired) electrons. The van der Waals surface area contributed by atoms with Crippen LogP contribution in [0.5, 0.6) is 5.75 Å². The molecule has 1 aliphatic heterocycles. The van der Waals surface area contributed by atoms with E-state index in [4.69, 9.17) is 9.84 Å². The van der Waals surface area contributed by atoms with Gasteiger partial charge in [-0.15, -0.1) is 5.10 Å². The molecule has 0 bridgehead atoms. The quantitative estimate of drug-likeness (QED) is 0.893. The molecule has 1 fully saturated rings. The summed E-state index contributed by atoms with van der Waals surface area (Å²) < 4.78 is 7.63. The number of amides is 1. The van der Waals surface area contributed by atoms with Crippen molar-refractivity contribution in [2.45, 2.75) is 33.3 Å². The molecule has 8 heteroatoms. The van der Waals surface area contributed by atoms with Crippen molar-refractivity contribution in [2.75, 3.05) is 13.1 Å². The lowest BCUT2D eigenvalue weighted by Crippen LogP contribution is -2.29. The minimum absolute atomic E-state index is 0.151. The zero-order valence-electron chi connectivity index (χ0n) is 12.2. The van der Waals surface area contributed by atoms with Crippen LogP contribution in [0.1, 0.15) is 23.6 Å². The van der Waals surface area contributed by atoms with Gasteiger partial charge in [0.2, 0.25) is 0 Å². The molecule has 3 rings (SSSR count). The number of aromatic nitrogens is 4. The van der Waals surface area contributed by atoms with Gasteiger partial charge >= 0.3 is 6.09 Å². The number of likely N-dealkylation sites (tertiary alicyclic amines) is 1. The van der Waals surface area contributed by atoms with E-state index >= 15 is 0 Å². The number of carbonyl (C=O) groups is 1. The third-order valence-corrected chi connectivity index (χ3v) is 3.64. The second-order valence-corrected chi connectivity index (χ2v) is 5.24. The van der Waals surface area contributed by atoms with Gasteiger partial charge < -0.3 is 14.7 Å². The number of carboxylic acid groups (broad SMARTS) is 1. The Balaban J connectivity index is 1.89. The fraction of sp³-hybridized carbons (Fsp3) is 0.538. The third-order valence-electron chi connectivity index (χ3n) is 3.64. The van der Waals surface area contributed by atoms with E-state index in [2.05, 4.69) is 15.1 Å². The minimum Gasteiger partial charge on any atom is -0.485 e. The van der Waals surface area contributed by atoms with Gasteiger partial charge in [-0.3, -0.25) is 0 Å². The first-order valence-corrected chi connectivity index (χ1v) is 6.81. The van der Waals surface area contributed by atoms with Crippen LogP contribution in [-0.4, -0.2) is 54.9 Å². The predicted molar refractivity (Wildman–Crippen MR) is 73.6 cm³/mol. The van der Waals surface area contributed by atoms with Crippen LogP contribution in [0.15, 0.2) is 0 Å². The Labute approximate surface area is 121 Å². The van der Waals surface area contributed by atoms with Crippen molar-refractivity contribution in [3.8, 4) is 5.75 Å². The van der Waals surface area contributed by atoms with Crippen molar-refractivity contribution in [3.63, 3.8) is 0 Å². The minimum atomic E-state index is -0.907. The SMILES string of the molecule is Cc1nc2nc(C)c(O[C@@H]3CCN(C(=O)O)C3)c(C)n2n1. The number of fused-ring (bicyclic) bond motifs is 1. The lowest BCUT2D eigenvalue weighted by atomic mass is 10.3. The average Bonchev–Trinajstić information content (AvgIpc) is 3.01. The molecule has 2 aromatic rings. The Hall–Kier alpha value is -2.38. The standard InChI is InChI=1S/C13H17N5O3/c1-7-11(21-10-4-5-17(6-10)13(19)20)8(2)18-12(14-7)15-9(3)16-18/h10H,4-6H2,1-3H3,(H,19,20)/t10-/m1/s1. The first-order valence-electron chi connectivity index (χ1n) is 6.81. The first-order chi connectivity index (χ1) is 9.95. The largest absolute Gasteiger partial charge is 0.485 e. The lowest BCUT2D eigenvalue weighted by Gasteiger charge is -2.17. The Kier molecular flexibility index (Phi) is 3.15. The first kappa shape index (κ1) is 13.6. The molecule has 2 aromatic heterocycles. The Morgan fingerprint density at radius 3 is 2.76 bits per heavy atom. The smallest absolute Gasteiger partial charge is 0.407 e. The van der Waals surface area contributed by atoms with Crippen molar-refractivity contribution in [1.29, 1.82) is 0 Å². The number of hydrogen-bond acceptors (Lipinski definition) is 5. The van der Waals surface area contributed by atoms with E-state index in [0.29, 0.717) is 36.9 Å². The van der Waals surface area contributed by atoms with Crippen molar-refractivity contribution in [1.82, 2.24) is 24.5 Å². The van der Waals surface area contributed by atoms with Crippen LogP contribution in [0.2, 0.25) is 0 Å². The van der Waals surface area contributed by atoms with Crippen LogP contribution in [-0.2, 0) is 0 Å². The fourth-order valence-electron chi connectivity index (χ4n) is 2.60. The maximum atomic E-state index is 10.9. The highest BCUT2D eigenvalue weighted by atomic mass is 16.5. The van der Waals surface area contributed by atoms with E-state index in [1.807, 2.05) is 20.8 Å². The highest BCUT2D eigenvalue weighted by Crippen LogP contribution is 2.25. The van der Waals surface area contributed by atoms with Crippen molar-refractivity contribution in [3.05, 3.63) is 17.2 Å². The molecule has 0 spiro atoms. The molecule has 8 nitrogen and oxygen atoms in total. The molecular formula is C13H17N5O3. The third kappa shape index (κ3) is 2.37. The summed E-state index contributed by atoms with van der Waals surface area (Å²) in [5, 5.41) is 13.3. The van der Waals surface area contributed by atoms with Crippen LogP contribution in [0.3, 0.4) is 0 Å². The number of rotatable bonds is 2. The van der Waals surface area contributed by atoms with Gasteiger partial charge in [0.15, 0.2) is 5.75 Å². The van der Waals surface area contributed by atoms with Crippen LogP contribution in [0.25, 0.3) is 5.78 Å². The zero-order chi connectivity index (χ0) is 15.1. The summed E-state index contributed by atoms with van der Waals surface area (Å²) in [5.74, 6) is 1.86. The Morgan fingerprint density at radius 1 is 1.33 bits per heavy atom. The zero-order valence-corrected chi connectivity index (χ0v) is 12.2. The molecule has 3 heterocycles. The van der Waals surface area contributed by atoms with E-state index in [0.717, 1.165) is 11.4 Å². The van der Waals surface area contributed by atoms with Gasteiger partial charge in [0.05, 0.1) is 17.9 Å². The molecule has 1 atom stereocenters. The normalized spacial score (nSPS) is 18.4. The van der Waals surface area contributed by atoms with E-state index in [-0.39, 0.29) is 6.10 Å². The lowest BCUT2D eigenvalue weighted by molar-refractivity contribution is 0.145. The second-order valence-electron chi connectivity index (χ2n) is 5.24.